The highest BCUT2D eigenvalue weighted by atomic mass is 16.5. The smallest absolute Gasteiger partial charge is 0.158 e. The Kier molecular flexibility index (Phi) is 6.38. The molecule has 0 amide bonds. The van der Waals surface area contributed by atoms with Crippen molar-refractivity contribution >= 4 is 11.6 Å². The van der Waals surface area contributed by atoms with Crippen molar-refractivity contribution in [2.45, 2.75) is 33.5 Å². The van der Waals surface area contributed by atoms with E-state index in [4.69, 9.17) is 15.2 Å². The molecule has 0 aliphatic carbocycles. The minimum atomic E-state index is 0.126. The molecule has 0 aromatic carbocycles. The van der Waals surface area contributed by atoms with E-state index in [9.17, 15) is 0 Å². The van der Waals surface area contributed by atoms with Crippen LogP contribution in [0.1, 0.15) is 26.6 Å². The van der Waals surface area contributed by atoms with E-state index < -0.39 is 0 Å². The maximum atomic E-state index is 5.72. The molecule has 1 heterocycles. The van der Waals surface area contributed by atoms with Gasteiger partial charge in [0.25, 0.3) is 0 Å². The second-order valence-electron chi connectivity index (χ2n) is 3.88. The molecular weight excluding hydrogens is 232 g/mol. The predicted octanol–water partition coefficient (Wildman–Crippen LogP) is 1.43. The Morgan fingerprint density at radius 2 is 2.11 bits per heavy atom. The van der Waals surface area contributed by atoms with E-state index in [-0.39, 0.29) is 6.10 Å². The number of nitrogen functional groups attached to an aromatic ring is 1. The van der Waals surface area contributed by atoms with Crippen molar-refractivity contribution in [3.8, 4) is 0 Å². The molecule has 0 saturated heterocycles. The molecule has 102 valence electrons. The number of aromatic nitrogens is 2. The average molecular weight is 254 g/mol. The Balaban J connectivity index is 2.56. The molecule has 1 atom stereocenters. The Morgan fingerprint density at radius 1 is 1.33 bits per heavy atom. The quantitative estimate of drug-likeness (QED) is 0.730. The van der Waals surface area contributed by atoms with Gasteiger partial charge in [-0.15, -0.1) is 0 Å². The van der Waals surface area contributed by atoms with Crippen LogP contribution in [0.3, 0.4) is 0 Å². The molecule has 1 aromatic rings. The van der Waals surface area contributed by atoms with Crippen molar-refractivity contribution in [2.75, 3.05) is 30.8 Å². The predicted molar refractivity (Wildman–Crippen MR) is 71.4 cm³/mol. The summed E-state index contributed by atoms with van der Waals surface area (Å²) in [5, 5.41) is 3.18. The molecule has 0 saturated carbocycles. The lowest BCUT2D eigenvalue weighted by atomic mass is 10.4. The van der Waals surface area contributed by atoms with Crippen LogP contribution < -0.4 is 11.1 Å². The Morgan fingerprint density at radius 3 is 2.78 bits per heavy atom. The van der Waals surface area contributed by atoms with Gasteiger partial charge in [-0.25, -0.2) is 9.97 Å². The lowest BCUT2D eigenvalue weighted by Gasteiger charge is -2.13. The van der Waals surface area contributed by atoms with E-state index in [0.29, 0.717) is 43.8 Å². The topological polar surface area (TPSA) is 82.3 Å². The van der Waals surface area contributed by atoms with Crippen LogP contribution in [0.5, 0.6) is 0 Å². The minimum Gasteiger partial charge on any atom is -0.384 e. The number of hydrogen-bond acceptors (Lipinski definition) is 6. The summed E-state index contributed by atoms with van der Waals surface area (Å²) < 4.78 is 10.7. The first-order valence-electron chi connectivity index (χ1n) is 6.22. The van der Waals surface area contributed by atoms with Crippen LogP contribution in [0.25, 0.3) is 0 Å². The van der Waals surface area contributed by atoms with E-state index in [1.165, 1.54) is 0 Å². The van der Waals surface area contributed by atoms with Crippen LogP contribution >= 0.6 is 0 Å². The van der Waals surface area contributed by atoms with Crippen LogP contribution in [0.2, 0.25) is 0 Å². The number of nitrogens with two attached hydrogens (primary N) is 1. The van der Waals surface area contributed by atoms with E-state index >= 15 is 0 Å². The van der Waals surface area contributed by atoms with E-state index in [2.05, 4.69) is 15.3 Å². The van der Waals surface area contributed by atoms with Crippen molar-refractivity contribution < 1.29 is 9.47 Å². The summed E-state index contributed by atoms with van der Waals surface area (Å²) in [4.78, 5) is 8.43. The molecule has 6 nitrogen and oxygen atoms in total. The Hall–Kier alpha value is -1.40. The molecule has 1 unspecified atom stereocenters. The van der Waals surface area contributed by atoms with E-state index in [1.807, 2.05) is 20.8 Å². The third-order valence-electron chi connectivity index (χ3n) is 2.25. The van der Waals surface area contributed by atoms with Gasteiger partial charge in [0.2, 0.25) is 0 Å². The van der Waals surface area contributed by atoms with Gasteiger partial charge in [0.05, 0.1) is 6.10 Å². The highest BCUT2D eigenvalue weighted by Gasteiger charge is 2.05. The number of ether oxygens (including phenoxy) is 2. The van der Waals surface area contributed by atoms with Crippen molar-refractivity contribution in [3.05, 3.63) is 11.9 Å². The van der Waals surface area contributed by atoms with Gasteiger partial charge in [-0.2, -0.15) is 0 Å². The van der Waals surface area contributed by atoms with Gasteiger partial charge in [0.15, 0.2) is 5.82 Å². The molecule has 0 aliphatic heterocycles. The summed E-state index contributed by atoms with van der Waals surface area (Å²) in [6.07, 6.45) is 0.126. The van der Waals surface area contributed by atoms with Gasteiger partial charge in [0, 0.05) is 25.8 Å². The zero-order valence-electron chi connectivity index (χ0n) is 11.3. The SMILES string of the molecule is CCOCc1nc(N)cc(NCC(C)OCC)n1. The monoisotopic (exact) mass is 254 g/mol. The van der Waals surface area contributed by atoms with Crippen LogP contribution in [-0.2, 0) is 16.1 Å². The normalized spacial score (nSPS) is 12.4. The maximum Gasteiger partial charge on any atom is 0.158 e. The van der Waals surface area contributed by atoms with Gasteiger partial charge in [-0.1, -0.05) is 0 Å². The highest BCUT2D eigenvalue weighted by molar-refractivity contribution is 5.44. The van der Waals surface area contributed by atoms with Gasteiger partial charge in [-0.3, -0.25) is 0 Å². The molecule has 0 radical (unpaired) electrons. The lowest BCUT2D eigenvalue weighted by molar-refractivity contribution is 0.0854. The average Bonchev–Trinajstić information content (AvgIpc) is 2.34. The van der Waals surface area contributed by atoms with Crippen molar-refractivity contribution in [1.82, 2.24) is 9.97 Å². The molecule has 0 aliphatic rings. The first kappa shape index (κ1) is 14.7. The number of hydrogen-bond donors (Lipinski definition) is 2. The standard InChI is InChI=1S/C12H22N4O2/c1-4-17-8-12-15-10(13)6-11(16-12)14-7-9(3)18-5-2/h6,9H,4-5,7-8H2,1-3H3,(H3,13,14,15,16). The number of nitrogens with zero attached hydrogens (tertiary/aromatic N) is 2. The number of anilines is 2. The van der Waals surface area contributed by atoms with Crippen LogP contribution in [0, 0.1) is 0 Å². The van der Waals surface area contributed by atoms with Gasteiger partial charge >= 0.3 is 0 Å². The molecular formula is C12H22N4O2. The molecule has 0 fully saturated rings. The molecule has 1 aromatic heterocycles. The lowest BCUT2D eigenvalue weighted by Crippen LogP contribution is -2.20. The summed E-state index contributed by atoms with van der Waals surface area (Å²) in [5.74, 6) is 1.72. The summed E-state index contributed by atoms with van der Waals surface area (Å²) >= 11 is 0. The summed E-state index contributed by atoms with van der Waals surface area (Å²) in [6.45, 7) is 8.28. The zero-order chi connectivity index (χ0) is 13.4. The van der Waals surface area contributed by atoms with Crippen LogP contribution in [0.15, 0.2) is 6.07 Å². The van der Waals surface area contributed by atoms with Gasteiger partial charge in [-0.05, 0) is 20.8 Å². The fourth-order valence-corrected chi connectivity index (χ4v) is 1.46. The molecule has 0 spiro atoms. The number of rotatable bonds is 8. The Labute approximate surface area is 108 Å². The first-order chi connectivity index (χ1) is 8.65. The van der Waals surface area contributed by atoms with Gasteiger partial charge in [0.1, 0.15) is 18.2 Å². The molecule has 18 heavy (non-hydrogen) atoms. The maximum absolute atomic E-state index is 5.72. The highest BCUT2D eigenvalue weighted by Crippen LogP contribution is 2.09. The van der Waals surface area contributed by atoms with Crippen LogP contribution in [-0.4, -0.2) is 35.8 Å². The fourth-order valence-electron chi connectivity index (χ4n) is 1.46. The summed E-state index contributed by atoms with van der Waals surface area (Å²) in [6, 6.07) is 1.70. The van der Waals surface area contributed by atoms with E-state index in [0.717, 1.165) is 0 Å². The van der Waals surface area contributed by atoms with Crippen LogP contribution in [0.4, 0.5) is 11.6 Å². The minimum absolute atomic E-state index is 0.126. The first-order valence-corrected chi connectivity index (χ1v) is 6.22. The van der Waals surface area contributed by atoms with Crippen molar-refractivity contribution in [1.29, 1.82) is 0 Å². The van der Waals surface area contributed by atoms with Gasteiger partial charge < -0.3 is 20.5 Å². The number of nitrogens with one attached hydrogen (secondary N) is 1. The second-order valence-corrected chi connectivity index (χ2v) is 3.88. The summed E-state index contributed by atoms with van der Waals surface area (Å²) in [7, 11) is 0. The molecule has 6 heteroatoms. The molecule has 3 N–H and O–H groups in total. The fraction of sp³-hybridized carbons (Fsp3) is 0.667. The third kappa shape index (κ3) is 5.29. The molecule has 1 rings (SSSR count). The summed E-state index contributed by atoms with van der Waals surface area (Å²) in [5.41, 5.74) is 5.72. The second kappa shape index (κ2) is 7.84. The van der Waals surface area contributed by atoms with E-state index in [1.54, 1.807) is 6.07 Å². The van der Waals surface area contributed by atoms with Crippen molar-refractivity contribution in [3.63, 3.8) is 0 Å². The largest absolute Gasteiger partial charge is 0.384 e. The third-order valence-corrected chi connectivity index (χ3v) is 2.25. The zero-order valence-corrected chi connectivity index (χ0v) is 11.3. The Bertz CT molecular complexity index is 360. The van der Waals surface area contributed by atoms with Crippen molar-refractivity contribution in [2.24, 2.45) is 0 Å². The molecule has 0 bridgehead atoms.